The molecule has 0 aromatic rings. The SMILES string of the molecule is O=P(O)(O)O.[CaH2].[SiH4]. The smallest absolute Gasteiger partial charge is 0.0149 e. The minimum atomic E-state index is -4.64. The van der Waals surface area contributed by atoms with E-state index in [-0.39, 0.29) is 48.7 Å². The number of hydrogen-bond acceptors (Lipinski definition) is 1. The second-order valence-corrected chi connectivity index (χ2v) is 1.54. The van der Waals surface area contributed by atoms with Gasteiger partial charge in [-0.05, 0) is 11.0 Å². The van der Waals surface area contributed by atoms with Gasteiger partial charge in [0.25, 0.3) is 0 Å². The van der Waals surface area contributed by atoms with Crippen molar-refractivity contribution in [2.24, 2.45) is 0 Å². The maximum Gasteiger partial charge on any atom is -0.0149 e. The Hall–Kier alpha value is 1.59. The summed E-state index contributed by atoms with van der Waals surface area (Å²) in [7, 11) is -4.64. The Morgan fingerprint density at radius 1 is 1.14 bits per heavy atom. The first-order valence-corrected chi connectivity index (χ1v) is 2.35. The van der Waals surface area contributed by atoms with E-state index in [1.807, 2.05) is 0 Å². The molecule has 0 aliphatic heterocycles. The molecule has 0 heterocycles. The predicted octanol–water partition coefficient (Wildman–Crippen LogP) is -3.30. The van der Waals surface area contributed by atoms with Crippen LogP contribution < -0.4 is 0 Å². The van der Waals surface area contributed by atoms with Crippen molar-refractivity contribution in [2.75, 3.05) is 0 Å². The maximum absolute atomic E-state index is 8.88. The van der Waals surface area contributed by atoms with E-state index in [9.17, 15) is 0 Å². The van der Waals surface area contributed by atoms with Crippen LogP contribution in [0.4, 0.5) is 0 Å². The van der Waals surface area contributed by atoms with Crippen LogP contribution in [-0.4, -0.2) is 63.4 Å². The Morgan fingerprint density at radius 2 is 1.14 bits per heavy atom. The summed E-state index contributed by atoms with van der Waals surface area (Å²) < 4.78 is 8.88. The monoisotopic (exact) mass is 172 g/mol. The third kappa shape index (κ3) is 94.1. The Balaban J connectivity index is -0.0000000800. The van der Waals surface area contributed by atoms with Gasteiger partial charge in [0.2, 0.25) is 0 Å². The van der Waals surface area contributed by atoms with Gasteiger partial charge in [-0.3, -0.25) is 0 Å². The van der Waals surface area contributed by atoms with E-state index in [2.05, 4.69) is 0 Å². The molecule has 0 aliphatic rings. The molecule has 0 saturated heterocycles. The average Bonchev–Trinajstić information content (AvgIpc) is 0.722. The van der Waals surface area contributed by atoms with Crippen molar-refractivity contribution in [1.82, 2.24) is 0 Å². The molecular formula is H9CaO4PSi. The Kier molecular flexibility index (Phi) is 12.9. The Labute approximate surface area is 75.2 Å². The minimum absolute atomic E-state index is 0. The molecule has 4 nitrogen and oxygen atoms in total. The summed E-state index contributed by atoms with van der Waals surface area (Å²) in [4.78, 5) is 21.6. The van der Waals surface area contributed by atoms with E-state index in [4.69, 9.17) is 19.2 Å². The zero-order valence-corrected chi connectivity index (χ0v) is 3.09. The zero-order chi connectivity index (χ0) is 4.50. The standard InChI is InChI=1S/Ca.H3O4P.H4Si.2H/c;1-5(2,3)4;;;/h;(H3,1,2,3,4);1H4;;. The summed E-state index contributed by atoms with van der Waals surface area (Å²) in [5, 5.41) is 0. The Bertz CT molecular complexity index is 57.8. The van der Waals surface area contributed by atoms with E-state index in [1.165, 1.54) is 0 Å². The predicted molar refractivity (Wildman–Crippen MR) is 34.1 cm³/mol. The van der Waals surface area contributed by atoms with E-state index in [0.717, 1.165) is 0 Å². The molecule has 44 valence electrons. The van der Waals surface area contributed by atoms with Crippen LogP contribution in [0.2, 0.25) is 0 Å². The first-order valence-electron chi connectivity index (χ1n) is 0.783. The second-order valence-electron chi connectivity index (χ2n) is 0.513. The van der Waals surface area contributed by atoms with Gasteiger partial charge >= 0.3 is 45.6 Å². The first-order chi connectivity index (χ1) is 2.00. The van der Waals surface area contributed by atoms with Crippen molar-refractivity contribution < 1.29 is 19.2 Å². The Morgan fingerprint density at radius 3 is 1.14 bits per heavy atom. The van der Waals surface area contributed by atoms with Crippen LogP contribution in [0.25, 0.3) is 0 Å². The average molecular weight is 172 g/mol. The quantitative estimate of drug-likeness (QED) is 0.264. The van der Waals surface area contributed by atoms with Crippen LogP contribution in [0.15, 0.2) is 0 Å². The van der Waals surface area contributed by atoms with Gasteiger partial charge in [0.15, 0.2) is 0 Å². The van der Waals surface area contributed by atoms with E-state index < -0.39 is 7.82 Å². The summed E-state index contributed by atoms with van der Waals surface area (Å²) >= 11 is 0. The normalized spacial score (nSPS) is 8.43. The van der Waals surface area contributed by atoms with Crippen LogP contribution in [0.5, 0.6) is 0 Å². The van der Waals surface area contributed by atoms with Crippen LogP contribution in [0.1, 0.15) is 0 Å². The minimum Gasteiger partial charge on any atom is -0.0149 e. The molecule has 0 saturated carbocycles. The van der Waals surface area contributed by atoms with Gasteiger partial charge in [0.1, 0.15) is 0 Å². The van der Waals surface area contributed by atoms with Gasteiger partial charge in [-0.1, -0.05) is 0 Å². The molecule has 0 spiro atoms. The van der Waals surface area contributed by atoms with Crippen LogP contribution in [0.3, 0.4) is 0 Å². The largest absolute Gasteiger partial charge is 0.0149 e. The van der Waals surface area contributed by atoms with E-state index in [1.54, 1.807) is 0 Å². The van der Waals surface area contributed by atoms with Crippen molar-refractivity contribution in [3.8, 4) is 0 Å². The first kappa shape index (κ1) is 15.8. The van der Waals surface area contributed by atoms with Crippen LogP contribution >= 0.6 is 7.82 Å². The molecule has 0 atom stereocenters. The van der Waals surface area contributed by atoms with Gasteiger partial charge in [-0.25, -0.2) is 4.57 Å². The van der Waals surface area contributed by atoms with Crippen molar-refractivity contribution in [3.63, 3.8) is 0 Å². The zero-order valence-electron chi connectivity index (χ0n) is 2.20. The summed E-state index contributed by atoms with van der Waals surface area (Å²) in [6.45, 7) is 0. The molecule has 0 aromatic carbocycles. The van der Waals surface area contributed by atoms with Crippen molar-refractivity contribution in [2.45, 2.75) is 0 Å². The molecule has 0 rings (SSSR count). The molecule has 0 bridgehead atoms. The van der Waals surface area contributed by atoms with Gasteiger partial charge < -0.3 is 14.7 Å². The van der Waals surface area contributed by atoms with Gasteiger partial charge in [0.05, 0.1) is 0 Å². The second kappa shape index (κ2) is 5.72. The van der Waals surface area contributed by atoms with Gasteiger partial charge in [-0.15, -0.1) is 0 Å². The number of phosphoric acid groups is 1. The summed E-state index contributed by atoms with van der Waals surface area (Å²) in [6, 6.07) is 0. The van der Waals surface area contributed by atoms with Crippen molar-refractivity contribution >= 4 is 56.5 Å². The molecule has 0 fully saturated rings. The van der Waals surface area contributed by atoms with Crippen LogP contribution in [-0.2, 0) is 4.57 Å². The molecular weight excluding hydrogens is 163 g/mol. The van der Waals surface area contributed by atoms with E-state index in [0.29, 0.717) is 0 Å². The summed E-state index contributed by atoms with van der Waals surface area (Å²) in [6.07, 6.45) is 0. The molecule has 3 N–H and O–H groups in total. The fourth-order valence-corrected chi connectivity index (χ4v) is 0. The molecule has 7 heteroatoms. The fourth-order valence-electron chi connectivity index (χ4n) is 0. The topological polar surface area (TPSA) is 77.8 Å². The molecule has 7 heavy (non-hydrogen) atoms. The summed E-state index contributed by atoms with van der Waals surface area (Å²) in [5.74, 6) is 0. The van der Waals surface area contributed by atoms with Crippen LogP contribution in [0, 0.1) is 0 Å². The van der Waals surface area contributed by atoms with Gasteiger partial charge in [0, 0.05) is 0 Å². The number of hydrogen-bond donors (Lipinski definition) is 3. The number of rotatable bonds is 0. The fraction of sp³-hybridized carbons (Fsp3) is 0. The molecule has 0 radical (unpaired) electrons. The maximum atomic E-state index is 8.88. The van der Waals surface area contributed by atoms with Crippen molar-refractivity contribution in [1.29, 1.82) is 0 Å². The molecule has 0 unspecified atom stereocenters. The van der Waals surface area contributed by atoms with Gasteiger partial charge in [-0.2, -0.15) is 0 Å². The summed E-state index contributed by atoms with van der Waals surface area (Å²) in [5.41, 5.74) is 0. The molecule has 0 amide bonds. The third-order valence-electron chi connectivity index (χ3n) is 0. The van der Waals surface area contributed by atoms with Crippen molar-refractivity contribution in [3.05, 3.63) is 0 Å². The molecule has 0 aliphatic carbocycles. The van der Waals surface area contributed by atoms with E-state index >= 15 is 0 Å². The third-order valence-corrected chi connectivity index (χ3v) is 0. The molecule has 0 aromatic heterocycles.